The average Bonchev–Trinajstić information content (AvgIpc) is 3.34. The summed E-state index contributed by atoms with van der Waals surface area (Å²) in [6, 6.07) is 12.1. The van der Waals surface area contributed by atoms with Crippen LogP contribution in [0.1, 0.15) is 11.1 Å². The first-order valence-corrected chi connectivity index (χ1v) is 10.9. The van der Waals surface area contributed by atoms with Crippen LogP contribution in [0.2, 0.25) is 0 Å². The molecular formula is C22H17F3N4O3S. The van der Waals surface area contributed by atoms with Crippen LogP contribution in [0.4, 0.5) is 24.5 Å². The minimum Gasteiger partial charge on any atom is -0.312 e. The molecule has 0 N–H and O–H groups in total. The topological polar surface area (TPSA) is 67.6 Å². The van der Waals surface area contributed by atoms with Crippen molar-refractivity contribution in [3.05, 3.63) is 76.2 Å². The molecule has 1 atom stereocenters. The van der Waals surface area contributed by atoms with E-state index >= 15 is 0 Å². The monoisotopic (exact) mass is 474 g/mol. The largest absolute Gasteiger partial charge is 0.416 e. The van der Waals surface area contributed by atoms with Crippen molar-refractivity contribution in [1.82, 2.24) is 9.36 Å². The van der Waals surface area contributed by atoms with Gasteiger partial charge in [-0.15, -0.1) is 11.8 Å². The maximum atomic E-state index is 14.0. The van der Waals surface area contributed by atoms with Crippen LogP contribution in [0.5, 0.6) is 0 Å². The quantitative estimate of drug-likeness (QED) is 0.573. The van der Waals surface area contributed by atoms with Crippen LogP contribution in [-0.4, -0.2) is 34.0 Å². The summed E-state index contributed by atoms with van der Waals surface area (Å²) in [6.45, 7) is 0. The second-order valence-corrected chi connectivity index (χ2v) is 8.93. The van der Waals surface area contributed by atoms with Crippen molar-refractivity contribution in [1.29, 1.82) is 0 Å². The lowest BCUT2D eigenvalue weighted by molar-refractivity contribution is -0.138. The molecule has 2 aromatic carbocycles. The van der Waals surface area contributed by atoms with Gasteiger partial charge in [0.25, 0.3) is 11.5 Å². The molecular weight excluding hydrogens is 457 g/mol. The fraction of sp³-hybridized carbons (Fsp3) is 0.227. The number of thioether (sulfide) groups is 1. The van der Waals surface area contributed by atoms with E-state index in [1.54, 1.807) is 37.4 Å². The summed E-state index contributed by atoms with van der Waals surface area (Å²) in [5.41, 5.74) is -1.55. The number of hydrogen-bond acceptors (Lipinski definition) is 4. The third-order valence-electron chi connectivity index (χ3n) is 5.89. The zero-order chi connectivity index (χ0) is 23.7. The number of hydrogen-bond donors (Lipinski definition) is 0. The standard InChI is InChI=1S/C22H17F3N4O3S/c1-26-11-16(19(31)29(26)13-7-4-3-5-8-13)28-17(30)12-33-21(28)18-14(22(23,24)25)9-6-10-15(18)27(2)20(21)32/h3-11H,12H2,1-2H3. The Morgan fingerprint density at radius 3 is 2.30 bits per heavy atom. The van der Waals surface area contributed by atoms with E-state index in [1.165, 1.54) is 34.7 Å². The number of alkyl halides is 3. The van der Waals surface area contributed by atoms with Crippen molar-refractivity contribution in [2.45, 2.75) is 11.0 Å². The molecule has 3 heterocycles. The molecule has 1 spiro atoms. The highest BCUT2D eigenvalue weighted by atomic mass is 32.2. The molecule has 0 radical (unpaired) electrons. The number of anilines is 2. The fourth-order valence-corrected chi connectivity index (χ4v) is 5.95. The average molecular weight is 474 g/mol. The molecule has 170 valence electrons. The molecule has 11 heteroatoms. The van der Waals surface area contributed by atoms with Crippen LogP contribution in [0.15, 0.2) is 59.5 Å². The van der Waals surface area contributed by atoms with Gasteiger partial charge in [0.1, 0.15) is 5.69 Å². The van der Waals surface area contributed by atoms with Crippen molar-refractivity contribution in [2.24, 2.45) is 7.05 Å². The van der Waals surface area contributed by atoms with Gasteiger partial charge in [0.05, 0.1) is 28.9 Å². The van der Waals surface area contributed by atoms with Gasteiger partial charge in [-0.25, -0.2) is 4.68 Å². The second-order valence-electron chi connectivity index (χ2n) is 7.76. The Bertz CT molecular complexity index is 1370. The van der Waals surface area contributed by atoms with Crippen molar-refractivity contribution < 1.29 is 22.8 Å². The van der Waals surface area contributed by atoms with E-state index in [1.807, 2.05) is 0 Å². The van der Waals surface area contributed by atoms with Crippen LogP contribution < -0.4 is 15.4 Å². The molecule has 3 aromatic rings. The number of amides is 2. The highest BCUT2D eigenvalue weighted by molar-refractivity contribution is 8.02. The Morgan fingerprint density at radius 1 is 0.939 bits per heavy atom. The van der Waals surface area contributed by atoms with E-state index in [-0.39, 0.29) is 22.7 Å². The van der Waals surface area contributed by atoms with E-state index < -0.39 is 34.0 Å². The Hall–Kier alpha value is -3.47. The third kappa shape index (κ3) is 2.81. The van der Waals surface area contributed by atoms with Gasteiger partial charge in [0.2, 0.25) is 10.8 Å². The molecule has 1 aromatic heterocycles. The number of rotatable bonds is 2. The number of carbonyl (C=O) groups is 2. The molecule has 2 amide bonds. The zero-order valence-electron chi connectivity index (χ0n) is 17.5. The molecule has 0 bridgehead atoms. The molecule has 2 aliphatic heterocycles. The number of likely N-dealkylation sites (N-methyl/N-ethyl adjacent to an activating group) is 1. The summed E-state index contributed by atoms with van der Waals surface area (Å²) in [6.07, 6.45) is -3.40. The third-order valence-corrected chi connectivity index (χ3v) is 7.26. The van der Waals surface area contributed by atoms with Crippen LogP contribution in [0, 0.1) is 0 Å². The van der Waals surface area contributed by atoms with Gasteiger partial charge in [-0.3, -0.25) is 24.0 Å². The number of para-hydroxylation sites is 1. The summed E-state index contributed by atoms with van der Waals surface area (Å²) in [7, 11) is 2.95. The summed E-state index contributed by atoms with van der Waals surface area (Å²) < 4.78 is 44.8. The van der Waals surface area contributed by atoms with Crippen molar-refractivity contribution in [2.75, 3.05) is 22.6 Å². The Morgan fingerprint density at radius 2 is 1.64 bits per heavy atom. The molecule has 0 aliphatic carbocycles. The zero-order valence-corrected chi connectivity index (χ0v) is 18.3. The van der Waals surface area contributed by atoms with Crippen molar-refractivity contribution in [3.8, 4) is 5.69 Å². The summed E-state index contributed by atoms with van der Waals surface area (Å²) in [5.74, 6) is -1.57. The first kappa shape index (κ1) is 21.4. The van der Waals surface area contributed by atoms with Crippen molar-refractivity contribution >= 4 is 35.0 Å². The van der Waals surface area contributed by atoms with E-state index in [0.717, 1.165) is 27.6 Å². The molecule has 1 saturated heterocycles. The predicted molar refractivity (Wildman–Crippen MR) is 117 cm³/mol. The highest BCUT2D eigenvalue weighted by Crippen LogP contribution is 2.57. The van der Waals surface area contributed by atoms with Gasteiger partial charge in [-0.2, -0.15) is 13.2 Å². The summed E-state index contributed by atoms with van der Waals surface area (Å²) >= 11 is 0.796. The van der Waals surface area contributed by atoms with Crippen LogP contribution in [-0.2, 0) is 27.7 Å². The smallest absolute Gasteiger partial charge is 0.312 e. The van der Waals surface area contributed by atoms with Gasteiger partial charge in [-0.05, 0) is 24.3 Å². The summed E-state index contributed by atoms with van der Waals surface area (Å²) in [5, 5.41) is 0. The van der Waals surface area contributed by atoms with Gasteiger partial charge in [-0.1, -0.05) is 24.3 Å². The lowest BCUT2D eigenvalue weighted by atomic mass is 9.98. The first-order chi connectivity index (χ1) is 15.6. The Kier molecular flexibility index (Phi) is 4.54. The fourth-order valence-electron chi connectivity index (χ4n) is 4.54. The maximum absolute atomic E-state index is 14.0. The van der Waals surface area contributed by atoms with Gasteiger partial charge in [0.15, 0.2) is 0 Å². The maximum Gasteiger partial charge on any atom is 0.416 e. The van der Waals surface area contributed by atoms with E-state index in [2.05, 4.69) is 0 Å². The number of halogens is 3. The van der Waals surface area contributed by atoms with E-state index in [4.69, 9.17) is 0 Å². The minimum absolute atomic E-state index is 0.0568. The highest BCUT2D eigenvalue weighted by Gasteiger charge is 2.63. The summed E-state index contributed by atoms with van der Waals surface area (Å²) in [4.78, 5) is 40.0. The van der Waals surface area contributed by atoms with Crippen LogP contribution in [0.3, 0.4) is 0 Å². The SMILES string of the molecule is CN1C(=O)C2(SCC(=O)N2c2cn(C)n(-c3ccccc3)c2=O)c2c1cccc2C(F)(F)F. The van der Waals surface area contributed by atoms with Gasteiger partial charge < -0.3 is 4.90 Å². The number of carbonyl (C=O) groups excluding carboxylic acids is 2. The number of benzene rings is 2. The molecule has 5 rings (SSSR count). The number of nitrogens with zero attached hydrogens (tertiary/aromatic N) is 4. The lowest BCUT2D eigenvalue weighted by Gasteiger charge is -2.32. The second kappa shape index (κ2) is 7.01. The Balaban J connectivity index is 1.79. The number of fused-ring (bicyclic) bond motifs is 2. The molecule has 33 heavy (non-hydrogen) atoms. The Labute approximate surface area is 190 Å². The van der Waals surface area contributed by atoms with E-state index in [0.29, 0.717) is 5.69 Å². The normalized spacial score (nSPS) is 20.3. The van der Waals surface area contributed by atoms with Gasteiger partial charge in [0, 0.05) is 19.7 Å². The van der Waals surface area contributed by atoms with E-state index in [9.17, 15) is 27.6 Å². The molecule has 1 fully saturated rings. The number of aromatic nitrogens is 2. The number of aryl methyl sites for hydroxylation is 1. The minimum atomic E-state index is -4.76. The molecule has 1 unspecified atom stereocenters. The van der Waals surface area contributed by atoms with Crippen LogP contribution in [0.25, 0.3) is 5.69 Å². The first-order valence-electron chi connectivity index (χ1n) is 9.89. The predicted octanol–water partition coefficient (Wildman–Crippen LogP) is 3.10. The molecule has 0 saturated carbocycles. The van der Waals surface area contributed by atoms with Crippen LogP contribution >= 0.6 is 11.8 Å². The molecule has 2 aliphatic rings. The molecule has 7 nitrogen and oxygen atoms in total. The lowest BCUT2D eigenvalue weighted by Crippen LogP contribution is -2.51. The van der Waals surface area contributed by atoms with Crippen molar-refractivity contribution in [3.63, 3.8) is 0 Å². The van der Waals surface area contributed by atoms with Gasteiger partial charge >= 0.3 is 6.18 Å².